The summed E-state index contributed by atoms with van der Waals surface area (Å²) in [7, 11) is 0. The predicted octanol–water partition coefficient (Wildman–Crippen LogP) is 6.40. The SMILES string of the molecule is CCCCCCc1ccsc1.c1cc[nH]c1.c1scc2c1OCCO2. The molecular formula is C20H27NO2S2. The molecule has 0 spiro atoms. The summed E-state index contributed by atoms with van der Waals surface area (Å²) in [5.41, 5.74) is 1.52. The molecule has 0 amide bonds. The first kappa shape index (κ1) is 19.6. The van der Waals surface area contributed by atoms with Crippen molar-refractivity contribution in [2.24, 2.45) is 0 Å². The normalized spacial score (nSPS) is 11.7. The van der Waals surface area contributed by atoms with E-state index >= 15 is 0 Å². The third kappa shape index (κ3) is 8.27. The van der Waals surface area contributed by atoms with E-state index in [9.17, 15) is 0 Å². The summed E-state index contributed by atoms with van der Waals surface area (Å²) in [6.07, 6.45) is 10.5. The fraction of sp³-hybridized carbons (Fsp3) is 0.400. The van der Waals surface area contributed by atoms with Crippen LogP contribution in [-0.2, 0) is 6.42 Å². The molecule has 1 aliphatic heterocycles. The summed E-state index contributed by atoms with van der Waals surface area (Å²) >= 11 is 3.41. The zero-order chi connectivity index (χ0) is 17.6. The molecule has 0 saturated carbocycles. The molecular weight excluding hydrogens is 350 g/mol. The first-order valence-electron chi connectivity index (χ1n) is 8.80. The Labute approximate surface area is 158 Å². The Morgan fingerprint density at radius 1 is 0.920 bits per heavy atom. The lowest BCUT2D eigenvalue weighted by molar-refractivity contribution is 0.173. The van der Waals surface area contributed by atoms with Crippen LogP contribution in [0, 0.1) is 0 Å². The van der Waals surface area contributed by atoms with Crippen molar-refractivity contribution >= 4 is 22.7 Å². The number of thiophene rings is 2. The van der Waals surface area contributed by atoms with Gasteiger partial charge in [0.2, 0.25) is 0 Å². The number of aryl methyl sites for hydroxylation is 1. The summed E-state index contributed by atoms with van der Waals surface area (Å²) in [6, 6.07) is 6.12. The minimum Gasteiger partial charge on any atom is -0.485 e. The zero-order valence-corrected chi connectivity index (χ0v) is 16.4. The van der Waals surface area contributed by atoms with Crippen LogP contribution in [0.15, 0.2) is 52.1 Å². The van der Waals surface area contributed by atoms with Gasteiger partial charge < -0.3 is 14.5 Å². The Hall–Kier alpha value is -1.72. The maximum absolute atomic E-state index is 5.25. The van der Waals surface area contributed by atoms with Gasteiger partial charge in [0.25, 0.3) is 0 Å². The second kappa shape index (κ2) is 12.6. The second-order valence-corrected chi connectivity index (χ2v) is 7.15. The molecule has 3 aromatic rings. The summed E-state index contributed by atoms with van der Waals surface area (Å²) < 4.78 is 10.5. The molecule has 0 aromatic carbocycles. The van der Waals surface area contributed by atoms with Gasteiger partial charge in [-0.15, -0.1) is 11.3 Å². The highest BCUT2D eigenvalue weighted by atomic mass is 32.1. The van der Waals surface area contributed by atoms with Crippen molar-refractivity contribution in [1.29, 1.82) is 0 Å². The topological polar surface area (TPSA) is 34.2 Å². The molecule has 0 radical (unpaired) electrons. The van der Waals surface area contributed by atoms with Gasteiger partial charge in [-0.2, -0.15) is 11.3 Å². The summed E-state index contributed by atoms with van der Waals surface area (Å²) in [5.74, 6) is 1.79. The molecule has 4 rings (SSSR count). The van der Waals surface area contributed by atoms with Crippen molar-refractivity contribution in [3.63, 3.8) is 0 Å². The fourth-order valence-electron chi connectivity index (χ4n) is 2.26. The number of rotatable bonds is 5. The van der Waals surface area contributed by atoms with E-state index in [0.29, 0.717) is 13.2 Å². The summed E-state index contributed by atoms with van der Waals surface area (Å²) in [4.78, 5) is 2.86. The number of unbranched alkanes of at least 4 members (excludes halogenated alkanes) is 3. The zero-order valence-electron chi connectivity index (χ0n) is 14.8. The number of hydrogen-bond acceptors (Lipinski definition) is 4. The van der Waals surface area contributed by atoms with Crippen molar-refractivity contribution in [3.8, 4) is 11.5 Å². The smallest absolute Gasteiger partial charge is 0.172 e. The molecule has 5 heteroatoms. The molecule has 0 saturated heterocycles. The number of hydrogen-bond donors (Lipinski definition) is 1. The van der Waals surface area contributed by atoms with Crippen LogP contribution >= 0.6 is 22.7 Å². The third-order valence-electron chi connectivity index (χ3n) is 3.59. The predicted molar refractivity (Wildman–Crippen MR) is 108 cm³/mol. The van der Waals surface area contributed by atoms with Crippen molar-refractivity contribution in [3.05, 3.63) is 57.7 Å². The number of fused-ring (bicyclic) bond motifs is 1. The van der Waals surface area contributed by atoms with Crippen molar-refractivity contribution < 1.29 is 9.47 Å². The van der Waals surface area contributed by atoms with Gasteiger partial charge in [-0.05, 0) is 47.4 Å². The third-order valence-corrected chi connectivity index (χ3v) is 5.02. The van der Waals surface area contributed by atoms with Crippen LogP contribution in [0.1, 0.15) is 38.2 Å². The minimum absolute atomic E-state index is 0.684. The van der Waals surface area contributed by atoms with E-state index in [-0.39, 0.29) is 0 Å². The first-order chi connectivity index (χ1) is 12.4. The monoisotopic (exact) mass is 377 g/mol. The fourth-order valence-corrected chi connectivity index (χ4v) is 3.64. The molecule has 0 bridgehead atoms. The van der Waals surface area contributed by atoms with E-state index in [2.05, 4.69) is 28.7 Å². The van der Waals surface area contributed by atoms with Crippen LogP contribution in [0.25, 0.3) is 0 Å². The van der Waals surface area contributed by atoms with Gasteiger partial charge in [-0.3, -0.25) is 0 Å². The molecule has 3 aromatic heterocycles. The van der Waals surface area contributed by atoms with E-state index < -0.39 is 0 Å². The van der Waals surface area contributed by atoms with Gasteiger partial charge in [-0.1, -0.05) is 26.2 Å². The van der Waals surface area contributed by atoms with Crippen molar-refractivity contribution in [2.45, 2.75) is 39.0 Å². The first-order valence-corrected chi connectivity index (χ1v) is 10.7. The lowest BCUT2D eigenvalue weighted by atomic mass is 10.1. The molecule has 0 aliphatic carbocycles. The average Bonchev–Trinajstić information content (AvgIpc) is 3.43. The van der Waals surface area contributed by atoms with E-state index in [4.69, 9.17) is 9.47 Å². The Morgan fingerprint density at radius 2 is 1.64 bits per heavy atom. The number of ether oxygens (including phenoxy) is 2. The molecule has 0 fully saturated rings. The summed E-state index contributed by atoms with van der Waals surface area (Å²) in [6.45, 7) is 3.62. The molecule has 1 N–H and O–H groups in total. The van der Waals surface area contributed by atoms with E-state index in [1.807, 2.05) is 35.3 Å². The molecule has 3 nitrogen and oxygen atoms in total. The van der Waals surface area contributed by atoms with Gasteiger partial charge >= 0.3 is 0 Å². The van der Waals surface area contributed by atoms with Gasteiger partial charge in [0, 0.05) is 23.2 Å². The highest BCUT2D eigenvalue weighted by Crippen LogP contribution is 2.33. The molecule has 4 heterocycles. The molecule has 0 atom stereocenters. The van der Waals surface area contributed by atoms with Gasteiger partial charge in [0.05, 0.1) is 0 Å². The molecule has 25 heavy (non-hydrogen) atoms. The van der Waals surface area contributed by atoms with Crippen LogP contribution < -0.4 is 9.47 Å². The quantitative estimate of drug-likeness (QED) is 0.522. The van der Waals surface area contributed by atoms with E-state index in [0.717, 1.165) is 11.5 Å². The lowest BCUT2D eigenvalue weighted by Crippen LogP contribution is -2.13. The van der Waals surface area contributed by atoms with Crippen LogP contribution in [0.5, 0.6) is 11.5 Å². The number of H-pyrrole nitrogens is 1. The molecule has 1 aliphatic rings. The second-order valence-electron chi connectivity index (χ2n) is 5.62. The van der Waals surface area contributed by atoms with Gasteiger partial charge in [0.1, 0.15) is 13.2 Å². The van der Waals surface area contributed by atoms with Crippen LogP contribution in [0.2, 0.25) is 0 Å². The number of aromatic nitrogens is 1. The largest absolute Gasteiger partial charge is 0.485 e. The highest BCUT2D eigenvalue weighted by Gasteiger charge is 2.10. The van der Waals surface area contributed by atoms with E-state index in [1.165, 1.54) is 37.7 Å². The molecule has 136 valence electrons. The Balaban J connectivity index is 0.000000144. The molecule has 0 unspecified atom stereocenters. The van der Waals surface area contributed by atoms with Crippen molar-refractivity contribution in [2.75, 3.05) is 13.2 Å². The highest BCUT2D eigenvalue weighted by molar-refractivity contribution is 7.08. The Bertz CT molecular complexity index is 595. The number of nitrogens with one attached hydrogen (secondary N) is 1. The van der Waals surface area contributed by atoms with Gasteiger partial charge in [0.15, 0.2) is 11.5 Å². The maximum Gasteiger partial charge on any atom is 0.172 e. The van der Waals surface area contributed by atoms with Crippen molar-refractivity contribution in [1.82, 2.24) is 4.98 Å². The summed E-state index contributed by atoms with van der Waals surface area (Å²) in [5, 5.41) is 8.32. The Kier molecular flexibility index (Phi) is 9.89. The Morgan fingerprint density at radius 3 is 2.16 bits per heavy atom. The lowest BCUT2D eigenvalue weighted by Gasteiger charge is -2.13. The van der Waals surface area contributed by atoms with Gasteiger partial charge in [-0.25, -0.2) is 0 Å². The van der Waals surface area contributed by atoms with E-state index in [1.54, 1.807) is 22.7 Å². The minimum atomic E-state index is 0.684. The average molecular weight is 378 g/mol. The van der Waals surface area contributed by atoms with Crippen LogP contribution in [0.4, 0.5) is 0 Å². The standard InChI is InChI=1S/C10H16S.C6H6O2S.C4H5N/c1-2-3-4-5-6-10-7-8-11-9-10;1-2-8-6-4-9-3-5(6)7-1;1-2-4-5-3-1/h7-9H,2-6H2,1H3;3-4H,1-2H2;1-5H. The van der Waals surface area contributed by atoms with Crippen LogP contribution in [-0.4, -0.2) is 18.2 Å². The maximum atomic E-state index is 5.25. The number of aromatic amines is 1. The van der Waals surface area contributed by atoms with Crippen LogP contribution in [0.3, 0.4) is 0 Å².